The van der Waals surface area contributed by atoms with E-state index in [1.807, 2.05) is 6.07 Å². The standard InChI is InChI=1S/C10H11N2O2.C10H13N.Ac/c11-10-8-4-2-1-3-7(8)5-6-9(10)12(13)14;11-10-7-3-5-8-4-1-2-6-9(8)10;/h5-6,11H,1-4H2;3,5,7H,1-2,4,6,11H2;/q-1;;. The predicted octanol–water partition coefficient (Wildman–Crippen LogP) is 5.30. The Morgan fingerprint density at radius 1 is 0.885 bits per heavy atom. The van der Waals surface area contributed by atoms with Gasteiger partial charge in [-0.15, -0.1) is 0 Å². The van der Waals surface area contributed by atoms with Gasteiger partial charge in [0, 0.05) is 55.8 Å². The molecule has 2 aromatic rings. The van der Waals surface area contributed by atoms with E-state index in [1.54, 1.807) is 6.07 Å². The van der Waals surface area contributed by atoms with Crippen molar-refractivity contribution in [1.29, 1.82) is 0 Å². The summed E-state index contributed by atoms with van der Waals surface area (Å²) in [6, 6.07) is 9.51. The molecule has 26 heavy (non-hydrogen) atoms. The van der Waals surface area contributed by atoms with Gasteiger partial charge in [0.15, 0.2) is 0 Å². The molecule has 3 N–H and O–H groups in total. The van der Waals surface area contributed by atoms with Gasteiger partial charge in [-0.3, -0.25) is 10.1 Å². The summed E-state index contributed by atoms with van der Waals surface area (Å²) < 4.78 is 0. The Morgan fingerprint density at radius 2 is 1.46 bits per heavy atom. The van der Waals surface area contributed by atoms with Crippen LogP contribution in [0.15, 0.2) is 30.3 Å². The Labute approximate surface area is 190 Å². The van der Waals surface area contributed by atoms with Crippen molar-refractivity contribution in [3.8, 4) is 0 Å². The zero-order valence-corrected chi connectivity index (χ0v) is 19.7. The minimum Gasteiger partial charge on any atom is -0.693 e. The maximum Gasteiger partial charge on any atom is 0.254 e. The van der Waals surface area contributed by atoms with Crippen LogP contribution in [0.25, 0.3) is 5.73 Å². The number of hydrogen-bond donors (Lipinski definition) is 1. The van der Waals surface area contributed by atoms with Crippen LogP contribution in [0.4, 0.5) is 17.1 Å². The molecule has 0 amide bonds. The number of nitrogen functional groups attached to an aromatic ring is 1. The fraction of sp³-hybridized carbons (Fsp3) is 0.400. The minimum atomic E-state index is -0.475. The number of hydrogen-bond acceptors (Lipinski definition) is 3. The molecule has 0 heterocycles. The first-order valence-corrected chi connectivity index (χ1v) is 8.95. The first kappa shape index (κ1) is 21.2. The molecule has 0 spiro atoms. The second-order valence-electron chi connectivity index (χ2n) is 6.75. The zero-order chi connectivity index (χ0) is 17.8. The molecule has 0 fully saturated rings. The van der Waals surface area contributed by atoms with Gasteiger partial charge in [0.2, 0.25) is 0 Å². The molecular formula is C20H24AcN3O2-. The van der Waals surface area contributed by atoms with Crippen LogP contribution >= 0.6 is 0 Å². The van der Waals surface area contributed by atoms with Gasteiger partial charge in [0.25, 0.3) is 5.69 Å². The van der Waals surface area contributed by atoms with Crippen LogP contribution in [-0.4, -0.2) is 4.92 Å². The summed E-state index contributed by atoms with van der Waals surface area (Å²) in [5, 5.41) is 10.6. The van der Waals surface area contributed by atoms with Crippen LogP contribution in [0.1, 0.15) is 47.9 Å². The Kier molecular flexibility index (Phi) is 7.91. The maximum atomic E-state index is 10.6. The van der Waals surface area contributed by atoms with Crippen LogP contribution < -0.4 is 5.73 Å². The molecule has 2 aliphatic rings. The normalized spacial score (nSPS) is 14.8. The molecule has 0 aromatic heterocycles. The van der Waals surface area contributed by atoms with E-state index in [0.717, 1.165) is 42.5 Å². The van der Waals surface area contributed by atoms with E-state index >= 15 is 0 Å². The van der Waals surface area contributed by atoms with Crippen molar-refractivity contribution in [2.75, 3.05) is 5.73 Å². The van der Waals surface area contributed by atoms with E-state index < -0.39 is 4.92 Å². The van der Waals surface area contributed by atoms with Crippen LogP contribution in [0.3, 0.4) is 0 Å². The molecule has 2 aromatic carbocycles. The molecular weight excluding hydrogens is 541 g/mol. The van der Waals surface area contributed by atoms with Gasteiger partial charge < -0.3 is 11.5 Å². The topological polar surface area (TPSA) is 93.0 Å². The first-order chi connectivity index (χ1) is 12.1. The summed E-state index contributed by atoms with van der Waals surface area (Å²) in [5.74, 6) is 0. The largest absolute Gasteiger partial charge is 0.693 e. The van der Waals surface area contributed by atoms with Crippen molar-refractivity contribution in [2.45, 2.75) is 51.4 Å². The molecule has 4 rings (SSSR count). The van der Waals surface area contributed by atoms with E-state index in [9.17, 15) is 10.1 Å². The first-order valence-electron chi connectivity index (χ1n) is 8.95. The van der Waals surface area contributed by atoms with E-state index in [1.165, 1.54) is 42.9 Å². The van der Waals surface area contributed by atoms with Crippen molar-refractivity contribution < 1.29 is 49.0 Å². The predicted molar refractivity (Wildman–Crippen MR) is 101 cm³/mol. The Balaban J connectivity index is 0.000000184. The molecule has 5 nitrogen and oxygen atoms in total. The van der Waals surface area contributed by atoms with Gasteiger partial charge >= 0.3 is 0 Å². The monoisotopic (exact) mass is 565 g/mol. The molecule has 0 saturated carbocycles. The van der Waals surface area contributed by atoms with Crippen molar-refractivity contribution >= 4 is 17.1 Å². The van der Waals surface area contributed by atoms with E-state index in [2.05, 4.69) is 12.1 Å². The summed E-state index contributed by atoms with van der Waals surface area (Å²) in [7, 11) is 0. The zero-order valence-electron chi connectivity index (χ0n) is 15.0. The van der Waals surface area contributed by atoms with Gasteiger partial charge in [-0.25, -0.2) is 0 Å². The molecule has 1 radical (unpaired) electrons. The molecule has 0 saturated heterocycles. The molecule has 135 valence electrons. The third-order valence-corrected chi connectivity index (χ3v) is 5.14. The molecule has 0 aliphatic heterocycles. The average Bonchev–Trinajstić information content (AvgIpc) is 2.63. The number of rotatable bonds is 1. The minimum absolute atomic E-state index is 0. The molecule has 2 aliphatic carbocycles. The Bertz CT molecular complexity index is 793. The summed E-state index contributed by atoms with van der Waals surface area (Å²) in [5.41, 5.74) is 19.5. The number of benzene rings is 2. The Hall–Kier alpha value is -1.12. The second kappa shape index (κ2) is 9.71. The second-order valence-corrected chi connectivity index (χ2v) is 6.75. The van der Waals surface area contributed by atoms with Gasteiger partial charge in [-0.1, -0.05) is 29.4 Å². The van der Waals surface area contributed by atoms with E-state index in [-0.39, 0.29) is 55.4 Å². The quantitative estimate of drug-likeness (QED) is 0.289. The smallest absolute Gasteiger partial charge is 0.254 e. The molecule has 0 atom stereocenters. The summed E-state index contributed by atoms with van der Waals surface area (Å²) in [4.78, 5) is 10.1. The summed E-state index contributed by atoms with van der Waals surface area (Å²) in [6.45, 7) is 0. The number of fused-ring (bicyclic) bond motifs is 2. The van der Waals surface area contributed by atoms with Crippen LogP contribution in [0.5, 0.6) is 0 Å². The van der Waals surface area contributed by atoms with Crippen molar-refractivity contribution in [1.82, 2.24) is 0 Å². The fourth-order valence-electron chi connectivity index (χ4n) is 3.78. The number of nitro groups is 1. The van der Waals surface area contributed by atoms with E-state index in [0.29, 0.717) is 0 Å². The molecule has 6 heteroatoms. The van der Waals surface area contributed by atoms with E-state index in [4.69, 9.17) is 11.5 Å². The summed E-state index contributed by atoms with van der Waals surface area (Å²) in [6.07, 6.45) is 8.99. The fourth-order valence-corrected chi connectivity index (χ4v) is 3.78. The van der Waals surface area contributed by atoms with Crippen LogP contribution in [0, 0.1) is 54.2 Å². The number of nitrogens with two attached hydrogens (primary N) is 1. The number of nitrogens with zero attached hydrogens (tertiary/aromatic N) is 1. The Morgan fingerprint density at radius 3 is 2.08 bits per heavy atom. The van der Waals surface area contributed by atoms with Gasteiger partial charge in [0.1, 0.15) is 0 Å². The third kappa shape index (κ3) is 4.78. The van der Waals surface area contributed by atoms with Crippen molar-refractivity contribution in [3.63, 3.8) is 0 Å². The van der Waals surface area contributed by atoms with Crippen molar-refractivity contribution in [2.24, 2.45) is 0 Å². The average molecular weight is 565 g/mol. The van der Waals surface area contributed by atoms with Gasteiger partial charge in [0.05, 0.1) is 4.92 Å². The number of nitro benzene ring substituents is 1. The van der Waals surface area contributed by atoms with Gasteiger partial charge in [-0.05, 0) is 74.1 Å². The maximum absolute atomic E-state index is 10.6. The summed E-state index contributed by atoms with van der Waals surface area (Å²) >= 11 is 0. The van der Waals surface area contributed by atoms with Crippen LogP contribution in [-0.2, 0) is 25.7 Å². The third-order valence-electron chi connectivity index (χ3n) is 5.14. The van der Waals surface area contributed by atoms with Crippen molar-refractivity contribution in [3.05, 3.63) is 68.4 Å². The molecule has 0 bridgehead atoms. The van der Waals surface area contributed by atoms with Crippen LogP contribution in [0.2, 0.25) is 0 Å². The number of anilines is 1. The van der Waals surface area contributed by atoms with Gasteiger partial charge in [-0.2, -0.15) is 0 Å². The number of aryl methyl sites for hydroxylation is 2. The molecule has 0 unspecified atom stereocenters. The number of nitrogens with one attached hydrogen (secondary N) is 1. The SMILES string of the molecule is Nc1cccc2c1CCCC2.[Ac].[NH-]c1c([N+](=O)[O-])ccc2c1CCCC2.